The van der Waals surface area contributed by atoms with Crippen molar-refractivity contribution in [3.8, 4) is 0 Å². The van der Waals surface area contributed by atoms with Gasteiger partial charge in [0, 0.05) is 49.4 Å². The van der Waals surface area contributed by atoms with E-state index in [1.54, 1.807) is 30.4 Å². The van der Waals surface area contributed by atoms with E-state index < -0.39 is 47.4 Å². The van der Waals surface area contributed by atoms with Crippen LogP contribution >= 0.6 is 23.5 Å². The van der Waals surface area contributed by atoms with Gasteiger partial charge in [0.15, 0.2) is 0 Å². The summed E-state index contributed by atoms with van der Waals surface area (Å²) in [6, 6.07) is 8.30. The molecule has 4 atom stereocenters. The zero-order chi connectivity index (χ0) is 46.0. The number of hydrogen-bond acceptors (Lipinski definition) is 11. The molecule has 0 saturated carbocycles. The van der Waals surface area contributed by atoms with E-state index in [1.807, 2.05) is 12.2 Å². The second-order valence-electron chi connectivity index (χ2n) is 18.3. The highest BCUT2D eigenvalue weighted by Gasteiger charge is 2.60. The van der Waals surface area contributed by atoms with Crippen LogP contribution in [0.3, 0.4) is 0 Å². The minimum Gasteiger partial charge on any atom is -0.464 e. The van der Waals surface area contributed by atoms with Gasteiger partial charge >= 0.3 is 17.9 Å². The summed E-state index contributed by atoms with van der Waals surface area (Å²) in [6.07, 6.45) is 34.2. The maximum absolute atomic E-state index is 13.6. The summed E-state index contributed by atoms with van der Waals surface area (Å²) in [6.45, 7) is 2.80. The summed E-state index contributed by atoms with van der Waals surface area (Å²) < 4.78 is 27.0. The number of carbonyl (C=O) groups excluding carboxylic acids is 5. The van der Waals surface area contributed by atoms with Crippen molar-refractivity contribution in [3.63, 3.8) is 0 Å². The predicted molar refractivity (Wildman–Crippen MR) is 258 cm³/mol. The molecule has 3 aliphatic heterocycles. The Bertz CT molecular complexity index is 1610. The summed E-state index contributed by atoms with van der Waals surface area (Å²) in [5, 5.41) is 0. The van der Waals surface area contributed by atoms with Crippen molar-refractivity contribution in [2.24, 2.45) is 17.3 Å². The van der Waals surface area contributed by atoms with Crippen LogP contribution in [-0.4, -0.2) is 105 Å². The third-order valence-electron chi connectivity index (χ3n) is 12.8. The monoisotopic (exact) mass is 940 g/mol. The number of fused-ring (bicyclic) bond motifs is 5. The van der Waals surface area contributed by atoms with E-state index in [0.29, 0.717) is 11.5 Å². The van der Waals surface area contributed by atoms with Crippen LogP contribution in [0.15, 0.2) is 61.2 Å². The smallest absolute Gasteiger partial charge is 0.318 e. The van der Waals surface area contributed by atoms with Crippen LogP contribution in [-0.2, 0) is 56.0 Å². The van der Waals surface area contributed by atoms with Crippen molar-refractivity contribution in [1.82, 2.24) is 14.0 Å². The van der Waals surface area contributed by atoms with Gasteiger partial charge in [0.05, 0.1) is 43.4 Å². The Labute approximate surface area is 397 Å². The molecule has 2 saturated heterocycles. The molecular formula is C51H77N3O9S2. The summed E-state index contributed by atoms with van der Waals surface area (Å²) in [7, 11) is 0. The second kappa shape index (κ2) is 30.0. The van der Waals surface area contributed by atoms with E-state index >= 15 is 0 Å². The summed E-state index contributed by atoms with van der Waals surface area (Å²) in [4.78, 5) is 66.5. The van der Waals surface area contributed by atoms with Crippen LogP contribution < -0.4 is 0 Å². The number of aryl methyl sites for hydroxylation is 2. The van der Waals surface area contributed by atoms with Gasteiger partial charge in [0.25, 0.3) is 0 Å². The highest BCUT2D eigenvalue weighted by atomic mass is 32.2. The number of esters is 3. The number of amides is 2. The van der Waals surface area contributed by atoms with E-state index in [2.05, 4.69) is 58.2 Å². The predicted octanol–water partition coefficient (Wildman–Crippen LogP) is 9.83. The minimum absolute atomic E-state index is 0.0919. The first kappa shape index (κ1) is 52.5. The zero-order valence-corrected chi connectivity index (χ0v) is 40.8. The van der Waals surface area contributed by atoms with Crippen LogP contribution in [0.25, 0.3) is 0 Å². The van der Waals surface area contributed by atoms with E-state index in [0.717, 1.165) is 42.3 Å². The number of imide groups is 1. The molecule has 0 radical (unpaired) electrons. The topological polar surface area (TPSA) is 135 Å². The molecule has 0 aromatic carbocycles. The fourth-order valence-electron chi connectivity index (χ4n) is 8.80. The van der Waals surface area contributed by atoms with E-state index in [9.17, 15) is 24.0 Å². The molecule has 2 aromatic heterocycles. The summed E-state index contributed by atoms with van der Waals surface area (Å²) in [5.74, 6) is -0.121. The van der Waals surface area contributed by atoms with Crippen molar-refractivity contribution >= 4 is 53.2 Å². The molecule has 4 unspecified atom stereocenters. The molecule has 0 aliphatic carbocycles. The number of aromatic nitrogens is 2. The molecule has 5 heterocycles. The highest BCUT2D eigenvalue weighted by Crippen LogP contribution is 2.45. The quantitative estimate of drug-likeness (QED) is 0.0209. The number of hydrogen-bond donors (Lipinski definition) is 0. The maximum atomic E-state index is 13.6. The third-order valence-corrected chi connectivity index (χ3v) is 14.9. The number of rotatable bonds is 38. The van der Waals surface area contributed by atoms with Crippen LogP contribution in [0, 0.1) is 17.3 Å². The Kier molecular flexibility index (Phi) is 24.2. The number of ether oxygens (including phenoxy) is 4. The molecule has 65 heavy (non-hydrogen) atoms. The molecule has 3 aliphatic rings. The summed E-state index contributed by atoms with van der Waals surface area (Å²) in [5.41, 5.74) is -1.47. The first-order valence-corrected chi connectivity index (χ1v) is 27.1. The van der Waals surface area contributed by atoms with E-state index in [-0.39, 0.29) is 51.0 Å². The molecule has 2 bridgehead atoms. The Morgan fingerprint density at radius 3 is 1.34 bits per heavy atom. The lowest BCUT2D eigenvalue weighted by Gasteiger charge is -2.27. The summed E-state index contributed by atoms with van der Waals surface area (Å²) >= 11 is 3.45. The van der Waals surface area contributed by atoms with Gasteiger partial charge in [0.2, 0.25) is 11.8 Å². The van der Waals surface area contributed by atoms with E-state index in [1.165, 1.54) is 103 Å². The molecule has 2 fully saturated rings. The van der Waals surface area contributed by atoms with Gasteiger partial charge in [-0.1, -0.05) is 102 Å². The maximum Gasteiger partial charge on any atom is 0.318 e. The van der Waals surface area contributed by atoms with Gasteiger partial charge in [-0.25, -0.2) is 0 Å². The van der Waals surface area contributed by atoms with Gasteiger partial charge in [-0.15, -0.1) is 0 Å². The number of unbranched alkanes of at least 4 members (excludes halogenated alkanes) is 16. The van der Waals surface area contributed by atoms with Gasteiger partial charge < -0.3 is 28.1 Å². The average molecular weight is 940 g/mol. The average Bonchev–Trinajstić information content (AvgIpc) is 4.18. The van der Waals surface area contributed by atoms with Crippen LogP contribution in [0.2, 0.25) is 0 Å². The highest BCUT2D eigenvalue weighted by molar-refractivity contribution is 7.99. The zero-order valence-electron chi connectivity index (χ0n) is 39.1. The molecule has 0 spiro atoms. The lowest BCUT2D eigenvalue weighted by Crippen LogP contribution is -2.42. The Morgan fingerprint density at radius 2 is 0.923 bits per heavy atom. The fourth-order valence-corrected chi connectivity index (χ4v) is 10.6. The van der Waals surface area contributed by atoms with Crippen molar-refractivity contribution in [1.29, 1.82) is 0 Å². The lowest BCUT2D eigenvalue weighted by atomic mass is 9.85. The minimum atomic E-state index is -1.47. The number of nitrogens with zero attached hydrogens (tertiary/aromatic N) is 3. The van der Waals surface area contributed by atoms with Gasteiger partial charge in [-0.05, 0) is 68.4 Å². The number of carbonyl (C=O) groups is 5. The molecule has 12 nitrogen and oxygen atoms in total. The standard InChI is InChI=1S/C51H77N3O9S2/c1-51(50(59)60-35-34-54-48(57)46-42-24-25-43(63-42)47(46)49(54)58,40-61-44(55)26-38-64-36-22-14-10-6-2-4-8-12-16-28-52-30-18-19-31-52)41-62-45(56)27-39-65-37-23-15-11-7-3-5-9-13-17-29-53-32-20-21-33-53/h18-21,24-25,30-33,42-43,46-47H,2-17,22-23,26-29,34-41H2,1H3. The molecular weight excluding hydrogens is 863 g/mol. The second-order valence-corrected chi connectivity index (χ2v) is 20.7. The van der Waals surface area contributed by atoms with E-state index in [4.69, 9.17) is 18.9 Å². The number of thioether (sulfide) groups is 2. The Balaban J connectivity index is 0.913. The fraction of sp³-hybridized carbons (Fsp3) is 0.706. The molecule has 14 heteroatoms. The molecule has 2 aromatic rings. The first-order valence-electron chi connectivity index (χ1n) is 24.8. The normalized spacial score (nSPS) is 18.8. The van der Waals surface area contributed by atoms with Gasteiger partial charge in [-0.2, -0.15) is 23.5 Å². The third kappa shape index (κ3) is 18.6. The number of likely N-dealkylation sites (tertiary alicyclic amines) is 1. The molecule has 0 N–H and O–H groups in total. The van der Waals surface area contributed by atoms with Crippen molar-refractivity contribution < 1.29 is 42.9 Å². The first-order chi connectivity index (χ1) is 31.7. The molecule has 5 rings (SSSR count). The van der Waals surface area contributed by atoms with Crippen molar-refractivity contribution in [3.05, 3.63) is 61.2 Å². The van der Waals surface area contributed by atoms with Crippen molar-refractivity contribution in [2.75, 3.05) is 49.4 Å². The molecule has 2 amide bonds. The van der Waals surface area contributed by atoms with Crippen LogP contribution in [0.5, 0.6) is 0 Å². The van der Waals surface area contributed by atoms with Crippen molar-refractivity contribution in [2.45, 2.75) is 161 Å². The Morgan fingerprint density at radius 1 is 0.538 bits per heavy atom. The SMILES string of the molecule is CC(COC(=O)CCSCCCCCCCCCCCn1cccc1)(COC(=O)CCSCCCCCCCCCCCn1cccc1)C(=O)OCCN1C(=O)C2C3C=CC(O3)C2C1=O. The Hall–Kier alpha value is -3.49. The van der Waals surface area contributed by atoms with Crippen LogP contribution in [0.1, 0.15) is 135 Å². The molecule has 362 valence electrons. The lowest BCUT2D eigenvalue weighted by molar-refractivity contribution is -0.171. The van der Waals surface area contributed by atoms with Gasteiger partial charge in [-0.3, -0.25) is 28.9 Å². The largest absolute Gasteiger partial charge is 0.464 e. The van der Waals surface area contributed by atoms with Gasteiger partial charge in [0.1, 0.15) is 25.2 Å². The van der Waals surface area contributed by atoms with Crippen LogP contribution in [0.4, 0.5) is 0 Å².